The highest BCUT2D eigenvalue weighted by Gasteiger charge is 2.42. The Morgan fingerprint density at radius 3 is 2.48 bits per heavy atom. The highest BCUT2D eigenvalue weighted by molar-refractivity contribution is 5.35. The highest BCUT2D eigenvalue weighted by Crippen LogP contribution is 2.43. The van der Waals surface area contributed by atoms with E-state index in [9.17, 15) is 8.78 Å². The topological polar surface area (TPSA) is 51.4 Å². The Morgan fingerprint density at radius 2 is 1.74 bits per heavy atom. The number of nitrogens with zero attached hydrogens (tertiary/aromatic N) is 2. The van der Waals surface area contributed by atoms with Crippen molar-refractivity contribution in [3.8, 4) is 0 Å². The molecule has 2 N–H and O–H groups in total. The Morgan fingerprint density at radius 1 is 1.00 bits per heavy atom. The Kier molecular flexibility index (Phi) is 5.30. The zero-order valence-corrected chi connectivity index (χ0v) is 17.2. The fourth-order valence-electron chi connectivity index (χ4n) is 4.73. The number of hydrogen-bond acceptors (Lipinski definition) is 4. The number of nitrogens with two attached hydrogens (primary N) is 1. The van der Waals surface area contributed by atoms with Gasteiger partial charge in [-0.05, 0) is 53.3 Å². The number of fused-ring (bicyclic) bond motifs is 2. The lowest BCUT2D eigenvalue weighted by Crippen LogP contribution is -2.42. The minimum Gasteiger partial charge on any atom is -0.365 e. The molecule has 0 aliphatic carbocycles. The molecule has 2 aliphatic heterocycles. The van der Waals surface area contributed by atoms with Crippen LogP contribution in [0.4, 0.5) is 8.78 Å². The second kappa shape index (κ2) is 8.11. The molecule has 3 heterocycles. The number of ether oxygens (including phenoxy) is 1. The summed E-state index contributed by atoms with van der Waals surface area (Å²) in [6.45, 7) is 3.46. The van der Waals surface area contributed by atoms with Crippen molar-refractivity contribution in [1.82, 2.24) is 9.88 Å². The predicted octanol–water partition coefficient (Wildman–Crippen LogP) is 4.43. The molecule has 1 spiro atoms. The van der Waals surface area contributed by atoms with Gasteiger partial charge in [0, 0.05) is 37.6 Å². The second-order valence-electron chi connectivity index (χ2n) is 8.48. The van der Waals surface area contributed by atoms with Crippen LogP contribution in [-0.4, -0.2) is 23.0 Å². The quantitative estimate of drug-likeness (QED) is 0.677. The summed E-state index contributed by atoms with van der Waals surface area (Å²) in [6, 6.07) is 13.4. The molecular weight excluding hydrogens is 396 g/mol. The first-order chi connectivity index (χ1) is 15.0. The van der Waals surface area contributed by atoms with Crippen molar-refractivity contribution in [2.75, 3.05) is 13.1 Å². The molecule has 2 aromatic carbocycles. The Labute approximate surface area is 180 Å². The summed E-state index contributed by atoms with van der Waals surface area (Å²) >= 11 is 0. The van der Waals surface area contributed by atoms with Gasteiger partial charge in [0.2, 0.25) is 0 Å². The summed E-state index contributed by atoms with van der Waals surface area (Å²) in [5.74, 6) is -1.74. The van der Waals surface area contributed by atoms with Crippen LogP contribution in [0.1, 0.15) is 46.7 Å². The van der Waals surface area contributed by atoms with Gasteiger partial charge in [-0.15, -0.1) is 0 Å². The van der Waals surface area contributed by atoms with Crippen LogP contribution in [0.5, 0.6) is 0 Å². The van der Waals surface area contributed by atoms with Crippen LogP contribution in [0.3, 0.4) is 0 Å². The number of rotatable bonds is 4. The molecule has 1 saturated heterocycles. The molecule has 0 saturated carbocycles. The van der Waals surface area contributed by atoms with Gasteiger partial charge in [-0.25, -0.2) is 8.78 Å². The molecule has 0 bridgehead atoms. The fourth-order valence-corrected chi connectivity index (χ4v) is 4.73. The van der Waals surface area contributed by atoms with Crippen molar-refractivity contribution in [2.45, 2.75) is 37.6 Å². The molecule has 6 heteroatoms. The molecule has 1 unspecified atom stereocenters. The predicted molar refractivity (Wildman–Crippen MR) is 114 cm³/mol. The largest absolute Gasteiger partial charge is 0.365 e. The summed E-state index contributed by atoms with van der Waals surface area (Å²) < 4.78 is 32.9. The Balaban J connectivity index is 1.22. The standard InChI is InChI=1S/C25H25F2N3O/c26-22-6-5-19(13-23(22)27)24(28)18-3-1-17(2-4-18)15-30-11-8-25(9-12-30)21-14-29-10-7-20(21)16-31-25/h1-7,10,13-14,24H,8-9,11-12,15-16,28H2. The SMILES string of the molecule is NC(c1ccc(CN2CCC3(CC2)OCc2ccncc23)cc1)c1ccc(F)c(F)c1. The molecular formula is C25H25F2N3O. The monoisotopic (exact) mass is 421 g/mol. The van der Waals surface area contributed by atoms with Crippen LogP contribution < -0.4 is 5.73 Å². The van der Waals surface area contributed by atoms with Gasteiger partial charge in [0.15, 0.2) is 11.6 Å². The lowest BCUT2D eigenvalue weighted by atomic mass is 9.84. The van der Waals surface area contributed by atoms with Crippen molar-refractivity contribution < 1.29 is 13.5 Å². The van der Waals surface area contributed by atoms with Crippen molar-refractivity contribution in [3.63, 3.8) is 0 Å². The van der Waals surface area contributed by atoms with Crippen LogP contribution in [0.15, 0.2) is 60.9 Å². The molecule has 31 heavy (non-hydrogen) atoms. The molecule has 1 atom stereocenters. The smallest absolute Gasteiger partial charge is 0.159 e. The van der Waals surface area contributed by atoms with E-state index in [-0.39, 0.29) is 5.60 Å². The zero-order valence-electron chi connectivity index (χ0n) is 17.2. The summed E-state index contributed by atoms with van der Waals surface area (Å²) in [6.07, 6.45) is 5.72. The van der Waals surface area contributed by atoms with E-state index in [4.69, 9.17) is 10.5 Å². The zero-order chi connectivity index (χ0) is 21.4. The third kappa shape index (κ3) is 3.87. The average molecular weight is 421 g/mol. The minimum atomic E-state index is -0.878. The molecule has 1 aromatic heterocycles. The molecule has 4 nitrogen and oxygen atoms in total. The van der Waals surface area contributed by atoms with Crippen LogP contribution in [0.25, 0.3) is 0 Å². The first kappa shape index (κ1) is 20.2. The molecule has 2 aliphatic rings. The van der Waals surface area contributed by atoms with Gasteiger partial charge < -0.3 is 10.5 Å². The van der Waals surface area contributed by atoms with E-state index in [1.165, 1.54) is 22.8 Å². The van der Waals surface area contributed by atoms with Crippen LogP contribution in [-0.2, 0) is 23.5 Å². The van der Waals surface area contributed by atoms with Gasteiger partial charge in [-0.3, -0.25) is 9.88 Å². The summed E-state index contributed by atoms with van der Waals surface area (Å²) in [7, 11) is 0. The van der Waals surface area contributed by atoms with Crippen molar-refractivity contribution in [1.29, 1.82) is 0 Å². The van der Waals surface area contributed by atoms with Gasteiger partial charge in [0.1, 0.15) is 0 Å². The Bertz CT molecular complexity index is 1080. The summed E-state index contributed by atoms with van der Waals surface area (Å²) in [4.78, 5) is 6.74. The number of halogens is 2. The van der Waals surface area contributed by atoms with Crippen LogP contribution in [0.2, 0.25) is 0 Å². The Hall–Kier alpha value is -2.67. The summed E-state index contributed by atoms with van der Waals surface area (Å²) in [5.41, 5.74) is 11.2. The summed E-state index contributed by atoms with van der Waals surface area (Å²) in [5, 5.41) is 0. The number of piperidine rings is 1. The number of pyridine rings is 1. The van der Waals surface area contributed by atoms with E-state index in [2.05, 4.69) is 28.1 Å². The molecule has 160 valence electrons. The average Bonchev–Trinajstić information content (AvgIpc) is 3.16. The number of likely N-dealkylation sites (tertiary alicyclic amines) is 1. The van der Waals surface area contributed by atoms with Gasteiger partial charge >= 0.3 is 0 Å². The second-order valence-corrected chi connectivity index (χ2v) is 8.48. The minimum absolute atomic E-state index is 0.179. The highest BCUT2D eigenvalue weighted by atomic mass is 19.2. The first-order valence-electron chi connectivity index (χ1n) is 10.6. The van der Waals surface area contributed by atoms with Gasteiger partial charge in [0.05, 0.1) is 18.2 Å². The third-order valence-electron chi connectivity index (χ3n) is 6.62. The lowest BCUT2D eigenvalue weighted by molar-refractivity contribution is -0.0800. The van der Waals surface area contributed by atoms with Crippen molar-refractivity contribution in [3.05, 3.63) is 100 Å². The first-order valence-corrected chi connectivity index (χ1v) is 10.6. The fraction of sp³-hybridized carbons (Fsp3) is 0.320. The molecule has 0 radical (unpaired) electrons. The number of hydrogen-bond donors (Lipinski definition) is 1. The normalized spacial score (nSPS) is 18.8. The van der Waals surface area contributed by atoms with Gasteiger partial charge in [-0.1, -0.05) is 30.3 Å². The molecule has 0 amide bonds. The van der Waals surface area contributed by atoms with E-state index in [0.717, 1.165) is 50.2 Å². The lowest BCUT2D eigenvalue weighted by Gasteiger charge is -2.39. The van der Waals surface area contributed by atoms with Crippen LogP contribution >= 0.6 is 0 Å². The number of aromatic nitrogens is 1. The maximum absolute atomic E-state index is 13.5. The maximum Gasteiger partial charge on any atom is 0.159 e. The third-order valence-corrected chi connectivity index (χ3v) is 6.62. The van der Waals surface area contributed by atoms with Gasteiger partial charge in [-0.2, -0.15) is 0 Å². The molecule has 5 rings (SSSR count). The number of benzene rings is 2. The van der Waals surface area contributed by atoms with E-state index < -0.39 is 17.7 Å². The van der Waals surface area contributed by atoms with E-state index in [1.54, 1.807) is 0 Å². The van der Waals surface area contributed by atoms with E-state index in [1.807, 2.05) is 24.5 Å². The van der Waals surface area contributed by atoms with Crippen molar-refractivity contribution in [2.24, 2.45) is 5.73 Å². The molecule has 3 aromatic rings. The van der Waals surface area contributed by atoms with Gasteiger partial charge in [0.25, 0.3) is 0 Å². The van der Waals surface area contributed by atoms with E-state index in [0.29, 0.717) is 12.2 Å². The maximum atomic E-state index is 13.5. The van der Waals surface area contributed by atoms with E-state index >= 15 is 0 Å². The van der Waals surface area contributed by atoms with Crippen LogP contribution in [0, 0.1) is 11.6 Å². The molecule has 1 fully saturated rings. The van der Waals surface area contributed by atoms with Crippen molar-refractivity contribution >= 4 is 0 Å².